The predicted octanol–water partition coefficient (Wildman–Crippen LogP) is 3.50. The van der Waals surface area contributed by atoms with E-state index in [-0.39, 0.29) is 0 Å². The van der Waals surface area contributed by atoms with Crippen molar-refractivity contribution in [1.82, 2.24) is 9.36 Å². The zero-order valence-electron chi connectivity index (χ0n) is 9.85. The zero-order chi connectivity index (χ0) is 12.3. The molecule has 0 aliphatic rings. The lowest BCUT2D eigenvalue weighted by Gasteiger charge is -2.14. The number of rotatable bonds is 4. The van der Waals surface area contributed by atoms with Crippen molar-refractivity contribution in [3.63, 3.8) is 0 Å². The highest BCUT2D eigenvalue weighted by atomic mass is 79.9. The number of anilines is 1. The molecule has 0 spiro atoms. The molecule has 0 saturated heterocycles. The summed E-state index contributed by atoms with van der Waals surface area (Å²) in [5, 5.41) is 0.977. The van der Waals surface area contributed by atoms with Crippen molar-refractivity contribution < 1.29 is 0 Å². The van der Waals surface area contributed by atoms with Gasteiger partial charge in [0.2, 0.25) is 5.13 Å². The summed E-state index contributed by atoms with van der Waals surface area (Å²) < 4.78 is 5.40. The van der Waals surface area contributed by atoms with Crippen molar-refractivity contribution in [3.05, 3.63) is 40.1 Å². The Morgan fingerprint density at radius 1 is 1.29 bits per heavy atom. The predicted molar refractivity (Wildman–Crippen MR) is 75.5 cm³/mol. The Hall–Kier alpha value is -0.940. The van der Waals surface area contributed by atoms with E-state index < -0.39 is 0 Å². The molecule has 0 atom stereocenters. The smallest absolute Gasteiger partial charge is 0.205 e. The van der Waals surface area contributed by atoms with Gasteiger partial charge in [-0.25, -0.2) is 4.98 Å². The third kappa shape index (κ3) is 3.26. The second-order valence-electron chi connectivity index (χ2n) is 3.83. The maximum atomic E-state index is 4.47. The summed E-state index contributed by atoms with van der Waals surface area (Å²) in [6, 6.07) is 8.34. The number of benzene rings is 1. The third-order valence-electron chi connectivity index (χ3n) is 2.43. The van der Waals surface area contributed by atoms with Crippen molar-refractivity contribution in [2.45, 2.75) is 19.9 Å². The van der Waals surface area contributed by atoms with Crippen LogP contribution >= 0.6 is 27.5 Å². The van der Waals surface area contributed by atoms with Crippen molar-refractivity contribution >= 4 is 32.6 Å². The van der Waals surface area contributed by atoms with Gasteiger partial charge in [-0.1, -0.05) is 35.0 Å². The molecule has 5 heteroatoms. The van der Waals surface area contributed by atoms with Gasteiger partial charge in [0.25, 0.3) is 0 Å². The standard InChI is InChI=1S/C12H14BrN3S/c1-3-11-14-12(17-15-11)16(2)8-9-4-6-10(13)7-5-9/h4-7H,3,8H2,1-2H3. The van der Waals surface area contributed by atoms with Crippen LogP contribution in [0.3, 0.4) is 0 Å². The van der Waals surface area contributed by atoms with Gasteiger partial charge in [-0.05, 0) is 17.7 Å². The molecule has 0 fully saturated rings. The zero-order valence-corrected chi connectivity index (χ0v) is 12.3. The molecule has 0 aliphatic carbocycles. The molecule has 0 radical (unpaired) electrons. The van der Waals surface area contributed by atoms with E-state index in [1.165, 1.54) is 17.1 Å². The lowest BCUT2D eigenvalue weighted by Crippen LogP contribution is -2.16. The van der Waals surface area contributed by atoms with E-state index in [0.717, 1.165) is 28.4 Å². The average molecular weight is 312 g/mol. The monoisotopic (exact) mass is 311 g/mol. The van der Waals surface area contributed by atoms with Crippen LogP contribution in [-0.2, 0) is 13.0 Å². The summed E-state index contributed by atoms with van der Waals surface area (Å²) >= 11 is 4.90. The summed E-state index contributed by atoms with van der Waals surface area (Å²) in [6.45, 7) is 2.92. The molecule has 17 heavy (non-hydrogen) atoms. The molecule has 0 unspecified atom stereocenters. The first-order valence-electron chi connectivity index (χ1n) is 5.47. The maximum Gasteiger partial charge on any atom is 0.205 e. The summed E-state index contributed by atoms with van der Waals surface area (Å²) in [4.78, 5) is 6.59. The van der Waals surface area contributed by atoms with Crippen molar-refractivity contribution in [1.29, 1.82) is 0 Å². The summed E-state index contributed by atoms with van der Waals surface area (Å²) in [7, 11) is 2.04. The summed E-state index contributed by atoms with van der Waals surface area (Å²) in [6.07, 6.45) is 0.891. The van der Waals surface area contributed by atoms with Gasteiger partial charge in [-0.15, -0.1) is 0 Å². The molecule has 1 heterocycles. The first kappa shape index (κ1) is 12.5. The highest BCUT2D eigenvalue weighted by Crippen LogP contribution is 2.19. The average Bonchev–Trinajstić information content (AvgIpc) is 2.81. The number of hydrogen-bond acceptors (Lipinski definition) is 4. The SMILES string of the molecule is CCc1nsc(N(C)Cc2ccc(Br)cc2)n1. The molecule has 0 amide bonds. The van der Waals surface area contributed by atoms with Crippen molar-refractivity contribution in [2.75, 3.05) is 11.9 Å². The van der Waals surface area contributed by atoms with E-state index in [1.807, 2.05) is 7.05 Å². The fourth-order valence-corrected chi connectivity index (χ4v) is 2.45. The Morgan fingerprint density at radius 3 is 2.59 bits per heavy atom. The van der Waals surface area contributed by atoms with Gasteiger partial charge < -0.3 is 4.90 Å². The molecule has 0 aliphatic heterocycles. The van der Waals surface area contributed by atoms with Gasteiger partial charge in [-0.2, -0.15) is 4.37 Å². The molecule has 3 nitrogen and oxygen atoms in total. The molecule has 2 rings (SSSR count). The van der Waals surface area contributed by atoms with E-state index in [1.54, 1.807) is 0 Å². The normalized spacial score (nSPS) is 10.5. The molecule has 2 aromatic rings. The van der Waals surface area contributed by atoms with E-state index in [2.05, 4.69) is 61.4 Å². The van der Waals surface area contributed by atoms with Crippen LogP contribution in [0.25, 0.3) is 0 Å². The number of aryl methyl sites for hydroxylation is 1. The fourth-order valence-electron chi connectivity index (χ4n) is 1.47. The Balaban J connectivity index is 2.05. The number of nitrogens with zero attached hydrogens (tertiary/aromatic N) is 3. The molecule has 90 valence electrons. The van der Waals surface area contributed by atoms with E-state index in [9.17, 15) is 0 Å². The van der Waals surface area contributed by atoms with E-state index in [4.69, 9.17) is 0 Å². The Labute approximate surface area is 114 Å². The second kappa shape index (κ2) is 5.60. The minimum Gasteiger partial charge on any atom is -0.346 e. The van der Waals surface area contributed by atoms with E-state index in [0.29, 0.717) is 0 Å². The molecule has 0 N–H and O–H groups in total. The number of hydrogen-bond donors (Lipinski definition) is 0. The van der Waals surface area contributed by atoms with Gasteiger partial charge in [0.15, 0.2) is 0 Å². The molecular formula is C12H14BrN3S. The Morgan fingerprint density at radius 2 is 2.00 bits per heavy atom. The van der Waals surface area contributed by atoms with Crippen LogP contribution in [-0.4, -0.2) is 16.4 Å². The van der Waals surface area contributed by atoms with Gasteiger partial charge in [0.05, 0.1) is 0 Å². The first-order chi connectivity index (χ1) is 8.19. The number of halogens is 1. The number of aromatic nitrogens is 2. The largest absolute Gasteiger partial charge is 0.346 e. The van der Waals surface area contributed by atoms with Gasteiger partial charge in [0, 0.05) is 36.0 Å². The van der Waals surface area contributed by atoms with Gasteiger partial charge >= 0.3 is 0 Å². The third-order valence-corrected chi connectivity index (χ3v) is 3.83. The van der Waals surface area contributed by atoms with Crippen LogP contribution in [0, 0.1) is 0 Å². The van der Waals surface area contributed by atoms with Crippen LogP contribution in [0.4, 0.5) is 5.13 Å². The molecule has 0 bridgehead atoms. The summed E-state index contributed by atoms with van der Waals surface area (Å²) in [5.74, 6) is 0.924. The molecule has 1 aromatic heterocycles. The van der Waals surface area contributed by atoms with E-state index >= 15 is 0 Å². The van der Waals surface area contributed by atoms with Crippen LogP contribution in [0.2, 0.25) is 0 Å². The lowest BCUT2D eigenvalue weighted by atomic mass is 10.2. The highest BCUT2D eigenvalue weighted by Gasteiger charge is 2.08. The van der Waals surface area contributed by atoms with Gasteiger partial charge in [-0.3, -0.25) is 0 Å². The lowest BCUT2D eigenvalue weighted by molar-refractivity contribution is 0.898. The minimum atomic E-state index is 0.853. The quantitative estimate of drug-likeness (QED) is 0.865. The van der Waals surface area contributed by atoms with Crippen LogP contribution in [0.5, 0.6) is 0 Å². The van der Waals surface area contributed by atoms with Crippen LogP contribution in [0.15, 0.2) is 28.7 Å². The van der Waals surface area contributed by atoms with Crippen molar-refractivity contribution in [2.24, 2.45) is 0 Å². The van der Waals surface area contributed by atoms with Crippen LogP contribution < -0.4 is 4.90 Å². The second-order valence-corrected chi connectivity index (χ2v) is 5.48. The van der Waals surface area contributed by atoms with Gasteiger partial charge in [0.1, 0.15) is 5.82 Å². The maximum absolute atomic E-state index is 4.47. The minimum absolute atomic E-state index is 0.853. The first-order valence-corrected chi connectivity index (χ1v) is 7.04. The Kier molecular flexibility index (Phi) is 4.12. The van der Waals surface area contributed by atoms with Crippen molar-refractivity contribution in [3.8, 4) is 0 Å². The van der Waals surface area contributed by atoms with Crippen LogP contribution in [0.1, 0.15) is 18.3 Å². The topological polar surface area (TPSA) is 29.0 Å². The fraction of sp³-hybridized carbons (Fsp3) is 0.333. The Bertz CT molecular complexity index is 481. The molecular weight excluding hydrogens is 298 g/mol. The summed E-state index contributed by atoms with van der Waals surface area (Å²) in [5.41, 5.74) is 1.27. The highest BCUT2D eigenvalue weighted by molar-refractivity contribution is 9.10. The molecule has 0 saturated carbocycles. The molecule has 1 aromatic carbocycles.